The number of Topliss-reactive ketones (excluding diaryl/α,β-unsaturated/α-hetero) is 1. The Morgan fingerprint density at radius 2 is 1.94 bits per heavy atom. The molecule has 0 aliphatic rings. The van der Waals surface area contributed by atoms with Crippen LogP contribution >= 0.6 is 0 Å². The number of phenolic OH excluding ortho intramolecular Hbond substituents is 1. The maximum atomic E-state index is 12.2. The zero-order valence-corrected chi connectivity index (χ0v) is 11.8. The van der Waals surface area contributed by atoms with Crippen LogP contribution in [0.4, 0.5) is 0 Å². The molecule has 0 bridgehead atoms. The second kappa shape index (κ2) is 5.42. The van der Waals surface area contributed by atoms with Gasteiger partial charge in [0.15, 0.2) is 5.78 Å². The summed E-state index contributed by atoms with van der Waals surface area (Å²) in [6, 6.07) is 3.32. The fraction of sp³-hybridized carbons (Fsp3) is 0.533. The Kier molecular flexibility index (Phi) is 4.38. The van der Waals surface area contributed by atoms with Crippen molar-refractivity contribution >= 4 is 5.78 Å². The van der Waals surface area contributed by atoms with Crippen molar-refractivity contribution in [3.8, 4) is 11.5 Å². The van der Waals surface area contributed by atoms with E-state index in [4.69, 9.17) is 4.74 Å². The molecule has 1 aromatic rings. The van der Waals surface area contributed by atoms with E-state index >= 15 is 0 Å². The minimum absolute atomic E-state index is 0.000952. The SMILES string of the molecule is CCCOc1cc(C)c(C(=O)C(C)(C)C)c(O)c1. The summed E-state index contributed by atoms with van der Waals surface area (Å²) in [6.07, 6.45) is 0.905. The van der Waals surface area contributed by atoms with Gasteiger partial charge in [-0.15, -0.1) is 0 Å². The number of aryl methyl sites for hydroxylation is 1. The Labute approximate surface area is 109 Å². The van der Waals surface area contributed by atoms with E-state index in [-0.39, 0.29) is 11.5 Å². The standard InChI is InChI=1S/C15H22O3/c1-6-7-18-11-8-10(2)13(12(16)9-11)14(17)15(3,4)5/h8-9,16H,6-7H2,1-5H3. The highest BCUT2D eigenvalue weighted by Gasteiger charge is 2.27. The van der Waals surface area contributed by atoms with Crippen LogP contribution in [0.5, 0.6) is 11.5 Å². The van der Waals surface area contributed by atoms with Gasteiger partial charge in [0.05, 0.1) is 12.2 Å². The first kappa shape index (κ1) is 14.6. The van der Waals surface area contributed by atoms with Crippen molar-refractivity contribution < 1.29 is 14.6 Å². The van der Waals surface area contributed by atoms with Crippen molar-refractivity contribution in [2.45, 2.75) is 41.0 Å². The Hall–Kier alpha value is -1.51. The number of aromatic hydroxyl groups is 1. The number of hydrogen-bond donors (Lipinski definition) is 1. The second-order valence-electron chi connectivity index (χ2n) is 5.56. The van der Waals surface area contributed by atoms with Crippen LogP contribution in [0.25, 0.3) is 0 Å². The van der Waals surface area contributed by atoms with Crippen molar-refractivity contribution in [3.05, 3.63) is 23.3 Å². The van der Waals surface area contributed by atoms with E-state index in [0.717, 1.165) is 12.0 Å². The van der Waals surface area contributed by atoms with E-state index in [0.29, 0.717) is 17.9 Å². The van der Waals surface area contributed by atoms with Crippen LogP contribution in [0.3, 0.4) is 0 Å². The lowest BCUT2D eigenvalue weighted by Gasteiger charge is -2.19. The van der Waals surface area contributed by atoms with Gasteiger partial charge in [0, 0.05) is 11.5 Å². The third-order valence-electron chi connectivity index (χ3n) is 2.67. The molecule has 0 unspecified atom stereocenters. The van der Waals surface area contributed by atoms with Gasteiger partial charge in [-0.05, 0) is 25.0 Å². The molecule has 0 heterocycles. The summed E-state index contributed by atoms with van der Waals surface area (Å²) in [6.45, 7) is 9.97. The molecular formula is C15H22O3. The lowest BCUT2D eigenvalue weighted by atomic mass is 9.84. The number of ether oxygens (including phenoxy) is 1. The number of hydrogen-bond acceptors (Lipinski definition) is 3. The molecule has 18 heavy (non-hydrogen) atoms. The third-order valence-corrected chi connectivity index (χ3v) is 2.67. The molecule has 0 fully saturated rings. The van der Waals surface area contributed by atoms with E-state index in [9.17, 15) is 9.90 Å². The summed E-state index contributed by atoms with van der Waals surface area (Å²) < 4.78 is 5.47. The van der Waals surface area contributed by atoms with Gasteiger partial charge in [-0.1, -0.05) is 27.7 Å². The summed E-state index contributed by atoms with van der Waals surface area (Å²) in [7, 11) is 0. The fourth-order valence-corrected chi connectivity index (χ4v) is 1.71. The monoisotopic (exact) mass is 250 g/mol. The molecule has 0 aromatic heterocycles. The van der Waals surface area contributed by atoms with E-state index in [2.05, 4.69) is 0 Å². The molecule has 3 nitrogen and oxygen atoms in total. The largest absolute Gasteiger partial charge is 0.507 e. The summed E-state index contributed by atoms with van der Waals surface area (Å²) >= 11 is 0. The molecule has 0 saturated heterocycles. The molecule has 0 amide bonds. The maximum Gasteiger partial charge on any atom is 0.172 e. The zero-order chi connectivity index (χ0) is 13.9. The highest BCUT2D eigenvalue weighted by atomic mass is 16.5. The molecule has 0 spiro atoms. The number of carbonyl (C=O) groups is 1. The van der Waals surface area contributed by atoms with Gasteiger partial charge in [0.2, 0.25) is 0 Å². The molecule has 0 saturated carbocycles. The van der Waals surface area contributed by atoms with Gasteiger partial charge in [-0.3, -0.25) is 4.79 Å². The number of phenols is 1. The van der Waals surface area contributed by atoms with Crippen LogP contribution in [0.1, 0.15) is 50.0 Å². The molecule has 1 N–H and O–H groups in total. The van der Waals surface area contributed by atoms with Crippen LogP contribution in [0, 0.1) is 12.3 Å². The lowest BCUT2D eigenvalue weighted by molar-refractivity contribution is 0.0854. The molecule has 0 aliphatic carbocycles. The minimum Gasteiger partial charge on any atom is -0.507 e. The summed E-state index contributed by atoms with van der Waals surface area (Å²) in [5.41, 5.74) is 0.640. The Morgan fingerprint density at radius 1 is 1.33 bits per heavy atom. The molecule has 100 valence electrons. The maximum absolute atomic E-state index is 12.2. The van der Waals surface area contributed by atoms with Crippen molar-refractivity contribution in [1.29, 1.82) is 0 Å². The Morgan fingerprint density at radius 3 is 2.39 bits per heavy atom. The average Bonchev–Trinajstić information content (AvgIpc) is 2.24. The van der Waals surface area contributed by atoms with E-state index in [1.54, 1.807) is 6.07 Å². The number of ketones is 1. The normalized spacial score (nSPS) is 11.4. The van der Waals surface area contributed by atoms with Crippen LogP contribution in [0.15, 0.2) is 12.1 Å². The van der Waals surface area contributed by atoms with Crippen molar-refractivity contribution in [2.24, 2.45) is 5.41 Å². The molecule has 1 rings (SSSR count). The first-order valence-corrected chi connectivity index (χ1v) is 6.28. The average molecular weight is 250 g/mol. The van der Waals surface area contributed by atoms with Gasteiger partial charge in [-0.25, -0.2) is 0 Å². The molecule has 0 radical (unpaired) electrons. The van der Waals surface area contributed by atoms with Gasteiger partial charge < -0.3 is 9.84 Å². The van der Waals surface area contributed by atoms with Crippen molar-refractivity contribution in [3.63, 3.8) is 0 Å². The first-order valence-electron chi connectivity index (χ1n) is 6.28. The highest BCUT2D eigenvalue weighted by Crippen LogP contribution is 2.32. The predicted molar refractivity (Wildman–Crippen MR) is 72.4 cm³/mol. The second-order valence-corrected chi connectivity index (χ2v) is 5.56. The Bertz CT molecular complexity index is 419. The first-order chi connectivity index (χ1) is 8.27. The minimum atomic E-state index is -0.506. The topological polar surface area (TPSA) is 46.5 Å². The van der Waals surface area contributed by atoms with Crippen molar-refractivity contribution in [1.82, 2.24) is 0 Å². The van der Waals surface area contributed by atoms with Crippen LogP contribution in [-0.4, -0.2) is 17.5 Å². The molecule has 1 aromatic carbocycles. The highest BCUT2D eigenvalue weighted by molar-refractivity contribution is 6.03. The number of carbonyl (C=O) groups excluding carboxylic acids is 1. The van der Waals surface area contributed by atoms with E-state index in [1.165, 1.54) is 6.07 Å². The van der Waals surface area contributed by atoms with Crippen molar-refractivity contribution in [2.75, 3.05) is 6.61 Å². The number of benzene rings is 1. The molecular weight excluding hydrogens is 228 g/mol. The smallest absolute Gasteiger partial charge is 0.172 e. The lowest BCUT2D eigenvalue weighted by Crippen LogP contribution is -2.21. The molecule has 0 atom stereocenters. The molecule has 0 aliphatic heterocycles. The van der Waals surface area contributed by atoms with Gasteiger partial charge in [0.1, 0.15) is 11.5 Å². The fourth-order valence-electron chi connectivity index (χ4n) is 1.71. The summed E-state index contributed by atoms with van der Waals surface area (Å²) in [5.74, 6) is 0.554. The van der Waals surface area contributed by atoms with E-state index in [1.807, 2.05) is 34.6 Å². The predicted octanol–water partition coefficient (Wildman–Crippen LogP) is 3.72. The summed E-state index contributed by atoms with van der Waals surface area (Å²) in [5, 5.41) is 10.0. The van der Waals surface area contributed by atoms with Crippen LogP contribution in [0.2, 0.25) is 0 Å². The third kappa shape index (κ3) is 3.25. The van der Waals surface area contributed by atoms with Gasteiger partial charge >= 0.3 is 0 Å². The van der Waals surface area contributed by atoms with Gasteiger partial charge in [0.25, 0.3) is 0 Å². The Balaban J connectivity index is 3.13. The van der Waals surface area contributed by atoms with Crippen LogP contribution in [-0.2, 0) is 0 Å². The van der Waals surface area contributed by atoms with E-state index < -0.39 is 5.41 Å². The molecule has 3 heteroatoms. The van der Waals surface area contributed by atoms with Crippen LogP contribution < -0.4 is 4.74 Å². The zero-order valence-electron chi connectivity index (χ0n) is 11.8. The van der Waals surface area contributed by atoms with Gasteiger partial charge in [-0.2, -0.15) is 0 Å². The number of rotatable bonds is 4. The quantitative estimate of drug-likeness (QED) is 0.828. The summed E-state index contributed by atoms with van der Waals surface area (Å²) in [4.78, 5) is 12.2.